The average Bonchev–Trinajstić information content (AvgIpc) is 3.42. The molecule has 1 aliphatic heterocycles. The van der Waals surface area contributed by atoms with Gasteiger partial charge in [0.1, 0.15) is 31.8 Å². The predicted molar refractivity (Wildman–Crippen MR) is 183 cm³/mol. The maximum absolute atomic E-state index is 12.5. The number of carboxylic acid groups (broad SMARTS) is 1. The summed E-state index contributed by atoms with van der Waals surface area (Å²) in [4.78, 5) is 45.1. The van der Waals surface area contributed by atoms with Gasteiger partial charge in [0.05, 0.1) is 19.8 Å². The molecule has 48 heavy (non-hydrogen) atoms. The number of amides is 1. The minimum atomic E-state index is -1.23. The van der Waals surface area contributed by atoms with E-state index in [2.05, 4.69) is 35.7 Å². The highest BCUT2D eigenvalue weighted by molar-refractivity contribution is 5.92. The molecule has 0 saturated carbocycles. The maximum atomic E-state index is 12.5. The number of carboxylic acids is 1. The topological polar surface area (TPSA) is 145 Å². The summed E-state index contributed by atoms with van der Waals surface area (Å²) < 4.78 is 20.7. The van der Waals surface area contributed by atoms with Crippen molar-refractivity contribution in [1.82, 2.24) is 5.32 Å². The Bertz CT molecular complexity index is 1640. The number of nitrogens with one attached hydrogen (secondary N) is 1. The van der Waals surface area contributed by atoms with Crippen molar-refractivity contribution in [2.45, 2.75) is 38.3 Å². The van der Waals surface area contributed by atoms with E-state index in [4.69, 9.17) is 18.9 Å². The molecule has 0 bridgehead atoms. The molecule has 1 amide bonds. The highest BCUT2D eigenvalue weighted by Crippen LogP contribution is 2.44. The van der Waals surface area contributed by atoms with Gasteiger partial charge < -0.3 is 29.4 Å². The van der Waals surface area contributed by atoms with Gasteiger partial charge in [-0.15, -0.1) is 0 Å². The highest BCUT2D eigenvalue weighted by atomic mass is 16.5. The van der Waals surface area contributed by atoms with Crippen LogP contribution in [0.4, 0.5) is 4.79 Å². The Morgan fingerprint density at radius 3 is 2.21 bits per heavy atom. The molecule has 3 aromatic carbocycles. The number of carbonyl (C=O) groups excluding carboxylic acids is 2. The summed E-state index contributed by atoms with van der Waals surface area (Å²) in [6, 6.07) is 21.1. The zero-order chi connectivity index (χ0) is 34.6. The van der Waals surface area contributed by atoms with Crippen LogP contribution in [0.3, 0.4) is 0 Å². The quantitative estimate of drug-likeness (QED) is 0.210. The number of alkyl carbamates (subject to hydrolysis) is 1. The second-order valence-electron chi connectivity index (χ2n) is 11.4. The van der Waals surface area contributed by atoms with Gasteiger partial charge in [-0.3, -0.25) is 0 Å². The molecule has 0 radical (unpaired) electrons. The summed E-state index contributed by atoms with van der Waals surface area (Å²) in [6.45, 7) is 8.31. The Balaban J connectivity index is 0.000000336. The molecular weight excluding hydrogens is 614 g/mol. The maximum Gasteiger partial charge on any atom is 0.407 e. The fourth-order valence-corrected chi connectivity index (χ4v) is 5.49. The van der Waals surface area contributed by atoms with Gasteiger partial charge in [0.15, 0.2) is 0 Å². The van der Waals surface area contributed by atoms with Crippen LogP contribution < -0.4 is 5.32 Å². The number of esters is 1. The average molecular weight is 656 g/mol. The summed E-state index contributed by atoms with van der Waals surface area (Å²) in [5.41, 5.74) is 5.19. The van der Waals surface area contributed by atoms with E-state index < -0.39 is 24.1 Å². The number of hydrogen-bond donors (Lipinski definition) is 2. The van der Waals surface area contributed by atoms with E-state index in [0.717, 1.165) is 22.3 Å². The van der Waals surface area contributed by atoms with E-state index in [1.807, 2.05) is 48.5 Å². The largest absolute Gasteiger partial charge is 0.483 e. The normalized spacial score (nSPS) is 15.3. The van der Waals surface area contributed by atoms with Gasteiger partial charge in [-0.2, -0.15) is 0 Å². The van der Waals surface area contributed by atoms with Crippen molar-refractivity contribution in [1.29, 1.82) is 0 Å². The molecule has 5 rings (SSSR count). The van der Waals surface area contributed by atoms with Crippen LogP contribution in [0.1, 0.15) is 46.8 Å². The summed E-state index contributed by atoms with van der Waals surface area (Å²) in [5.74, 6) is -0.115. The highest BCUT2D eigenvalue weighted by Gasteiger charge is 2.30. The Morgan fingerprint density at radius 1 is 0.958 bits per heavy atom. The molecule has 1 heterocycles. The molecule has 2 aliphatic rings. The fraction of sp³-hybridized carbons (Fsp3) is 0.324. The first kappa shape index (κ1) is 35.4. The minimum Gasteiger partial charge on any atom is -0.483 e. The van der Waals surface area contributed by atoms with Gasteiger partial charge in [0.2, 0.25) is 11.8 Å². The van der Waals surface area contributed by atoms with Crippen molar-refractivity contribution >= 4 is 29.8 Å². The second-order valence-corrected chi connectivity index (χ2v) is 11.4. The molecule has 1 aliphatic carbocycles. The summed E-state index contributed by atoms with van der Waals surface area (Å²) in [6.07, 6.45) is 0.614. The lowest BCUT2D eigenvalue weighted by Crippen LogP contribution is -2.43. The Morgan fingerprint density at radius 2 is 1.62 bits per heavy atom. The third-order valence-corrected chi connectivity index (χ3v) is 7.85. The molecule has 11 heteroatoms. The number of aliphatic carboxylic acids is 1. The minimum absolute atomic E-state index is 0.00806. The van der Waals surface area contributed by atoms with Gasteiger partial charge in [-0.05, 0) is 45.9 Å². The molecule has 2 N–H and O–H groups in total. The van der Waals surface area contributed by atoms with Crippen LogP contribution in [0.15, 0.2) is 95.4 Å². The number of methoxy groups -OCH3 is 2. The smallest absolute Gasteiger partial charge is 0.407 e. The van der Waals surface area contributed by atoms with Crippen LogP contribution in [-0.4, -0.2) is 81.0 Å². The SMILES string of the molecule is C=CCOC(=O)c1cccc(CC(NC(=O)OCC2c3ccccc3-c3ccccc32)C(=O)O)c1.COC1=N[C@@H](C(C)C)C(OC)=NC1. The van der Waals surface area contributed by atoms with Gasteiger partial charge in [0, 0.05) is 12.3 Å². The van der Waals surface area contributed by atoms with Crippen LogP contribution in [0, 0.1) is 5.92 Å². The third-order valence-electron chi connectivity index (χ3n) is 7.85. The number of carbonyl (C=O) groups is 3. The number of aliphatic imine (C=N–C) groups is 2. The first-order chi connectivity index (χ1) is 23.2. The van der Waals surface area contributed by atoms with Gasteiger partial charge in [0.25, 0.3) is 0 Å². The molecular formula is C37H41N3O8. The van der Waals surface area contributed by atoms with E-state index in [1.165, 1.54) is 6.08 Å². The Labute approximate surface area is 280 Å². The van der Waals surface area contributed by atoms with Crippen molar-refractivity contribution in [2.24, 2.45) is 15.9 Å². The van der Waals surface area contributed by atoms with Crippen LogP contribution in [0.5, 0.6) is 0 Å². The monoisotopic (exact) mass is 655 g/mol. The van der Waals surface area contributed by atoms with Gasteiger partial charge in [-0.25, -0.2) is 24.4 Å². The molecule has 0 fully saturated rings. The number of fused-ring (bicyclic) bond motifs is 3. The number of rotatable bonds is 10. The Hall–Kier alpha value is -5.45. The lowest BCUT2D eigenvalue weighted by atomic mass is 9.98. The third kappa shape index (κ3) is 8.87. The van der Waals surface area contributed by atoms with Crippen molar-refractivity contribution in [3.8, 4) is 11.1 Å². The lowest BCUT2D eigenvalue weighted by Gasteiger charge is -2.22. The molecule has 252 valence electrons. The standard InChI is InChI=1S/C28H25NO6.C9H16N2O2/c1-2-14-34-27(32)19-9-7-8-18(15-19)16-25(26(30)31)29-28(33)35-17-24-22-12-5-3-10-20(22)21-11-4-6-13-23(21)24;1-6(2)8-9(13-4)10-5-7(11-8)12-3/h2-13,15,24-25H,1,14,16-17H2,(H,29,33)(H,30,31);6,8H,5H2,1-4H3/t;8-/m.0/s1. The molecule has 2 atom stereocenters. The van der Waals surface area contributed by atoms with E-state index in [-0.39, 0.29) is 37.2 Å². The molecule has 3 aromatic rings. The summed E-state index contributed by atoms with van der Waals surface area (Å²) in [5, 5.41) is 12.1. The van der Waals surface area contributed by atoms with Crippen LogP contribution in [-0.2, 0) is 30.2 Å². The number of benzene rings is 3. The van der Waals surface area contributed by atoms with Gasteiger partial charge in [-0.1, -0.05) is 87.2 Å². The van der Waals surface area contributed by atoms with Crippen molar-refractivity contribution in [3.63, 3.8) is 0 Å². The number of hydrogen-bond acceptors (Lipinski definition) is 9. The second kappa shape index (κ2) is 16.9. The van der Waals surface area contributed by atoms with Crippen molar-refractivity contribution < 1.29 is 38.4 Å². The zero-order valence-electron chi connectivity index (χ0n) is 27.5. The zero-order valence-corrected chi connectivity index (χ0v) is 27.5. The van der Waals surface area contributed by atoms with Crippen LogP contribution in [0.2, 0.25) is 0 Å². The van der Waals surface area contributed by atoms with Crippen molar-refractivity contribution in [2.75, 3.05) is 34.0 Å². The number of nitrogens with zero attached hydrogens (tertiary/aromatic N) is 2. The summed E-state index contributed by atoms with van der Waals surface area (Å²) in [7, 11) is 3.24. The molecule has 0 spiro atoms. The van der Waals surface area contributed by atoms with E-state index in [0.29, 0.717) is 29.8 Å². The van der Waals surface area contributed by atoms with Crippen LogP contribution in [0.25, 0.3) is 11.1 Å². The number of ether oxygens (including phenoxy) is 4. The Kier molecular flexibility index (Phi) is 12.5. The van der Waals surface area contributed by atoms with E-state index in [9.17, 15) is 19.5 Å². The van der Waals surface area contributed by atoms with E-state index >= 15 is 0 Å². The molecule has 1 unspecified atom stereocenters. The van der Waals surface area contributed by atoms with Crippen LogP contribution >= 0.6 is 0 Å². The fourth-order valence-electron chi connectivity index (χ4n) is 5.49. The van der Waals surface area contributed by atoms with Crippen molar-refractivity contribution in [3.05, 3.63) is 108 Å². The predicted octanol–water partition coefficient (Wildman–Crippen LogP) is 5.68. The first-order valence-corrected chi connectivity index (χ1v) is 15.6. The van der Waals surface area contributed by atoms with E-state index in [1.54, 1.807) is 38.5 Å². The molecule has 0 aromatic heterocycles. The summed E-state index contributed by atoms with van der Waals surface area (Å²) >= 11 is 0. The van der Waals surface area contributed by atoms with Gasteiger partial charge >= 0.3 is 18.0 Å². The lowest BCUT2D eigenvalue weighted by molar-refractivity contribution is -0.139. The molecule has 0 saturated heterocycles. The first-order valence-electron chi connectivity index (χ1n) is 15.6. The molecule has 11 nitrogen and oxygen atoms in total.